The van der Waals surface area contributed by atoms with Gasteiger partial charge in [0.05, 0.1) is 23.0 Å². The summed E-state index contributed by atoms with van der Waals surface area (Å²) in [6.07, 6.45) is 1.25. The molecule has 2 heterocycles. The molecule has 0 N–H and O–H groups in total. The zero-order valence-corrected chi connectivity index (χ0v) is 17.0. The molecule has 0 amide bonds. The van der Waals surface area contributed by atoms with Crippen molar-refractivity contribution in [3.63, 3.8) is 0 Å². The van der Waals surface area contributed by atoms with Gasteiger partial charge in [0.1, 0.15) is 0 Å². The van der Waals surface area contributed by atoms with Gasteiger partial charge in [-0.25, -0.2) is 0 Å². The van der Waals surface area contributed by atoms with E-state index in [1.54, 1.807) is 6.07 Å². The molecule has 0 radical (unpaired) electrons. The van der Waals surface area contributed by atoms with E-state index < -0.39 is 11.7 Å². The van der Waals surface area contributed by atoms with Gasteiger partial charge in [-0.1, -0.05) is 44.2 Å². The highest BCUT2D eigenvalue weighted by Crippen LogP contribution is 2.31. The molecule has 4 rings (SSSR count). The van der Waals surface area contributed by atoms with E-state index in [4.69, 9.17) is 4.98 Å². The van der Waals surface area contributed by atoms with E-state index >= 15 is 0 Å². The molecule has 0 fully saturated rings. The van der Waals surface area contributed by atoms with Crippen LogP contribution in [0.25, 0.3) is 22.2 Å². The van der Waals surface area contributed by atoms with E-state index in [9.17, 15) is 13.2 Å². The van der Waals surface area contributed by atoms with Crippen molar-refractivity contribution >= 4 is 10.9 Å². The fraction of sp³-hybridized carbons (Fsp3) is 0.240. The summed E-state index contributed by atoms with van der Waals surface area (Å²) in [5, 5.41) is 1.03. The molecule has 0 saturated carbocycles. The molecule has 2 aromatic heterocycles. The number of hydrogen-bond donors (Lipinski definition) is 0. The van der Waals surface area contributed by atoms with Crippen LogP contribution in [-0.2, 0) is 25.6 Å². The molecule has 0 unspecified atom stereocenters. The van der Waals surface area contributed by atoms with Gasteiger partial charge < -0.3 is 4.57 Å². The Hall–Kier alpha value is -3.08. The van der Waals surface area contributed by atoms with E-state index in [-0.39, 0.29) is 0 Å². The minimum atomic E-state index is -4.34. The van der Waals surface area contributed by atoms with Crippen LogP contribution in [-0.4, -0.2) is 9.55 Å². The van der Waals surface area contributed by atoms with Crippen LogP contribution in [0.2, 0.25) is 0 Å². The van der Waals surface area contributed by atoms with Crippen molar-refractivity contribution in [3.05, 3.63) is 89.2 Å². The molecule has 2 aromatic carbocycles. The molecule has 0 atom stereocenters. The lowest BCUT2D eigenvalue weighted by Gasteiger charge is -2.13. The number of halogens is 3. The van der Waals surface area contributed by atoms with Crippen molar-refractivity contribution in [1.82, 2.24) is 9.55 Å². The van der Waals surface area contributed by atoms with Crippen LogP contribution in [0.15, 0.2) is 67.0 Å². The third-order valence-electron chi connectivity index (χ3n) is 5.52. The first-order valence-corrected chi connectivity index (χ1v) is 10.1. The molecule has 0 spiro atoms. The Morgan fingerprint density at radius 2 is 1.60 bits per heavy atom. The first-order valence-electron chi connectivity index (χ1n) is 10.1. The van der Waals surface area contributed by atoms with Gasteiger partial charge in [0.15, 0.2) is 0 Å². The van der Waals surface area contributed by atoms with Gasteiger partial charge in [-0.15, -0.1) is 0 Å². The van der Waals surface area contributed by atoms with Crippen molar-refractivity contribution in [2.24, 2.45) is 0 Å². The fourth-order valence-corrected chi connectivity index (χ4v) is 3.98. The van der Waals surface area contributed by atoms with Gasteiger partial charge in [-0.2, -0.15) is 13.2 Å². The van der Waals surface area contributed by atoms with Crippen LogP contribution in [0, 0.1) is 0 Å². The highest BCUT2D eigenvalue weighted by Gasteiger charge is 2.30. The van der Waals surface area contributed by atoms with Gasteiger partial charge in [0.25, 0.3) is 0 Å². The SMILES string of the molecule is CCc1cccc(CC)c1-c1cc2ccn(Cc3cccc(C(F)(F)F)c3)c2cn1. The van der Waals surface area contributed by atoms with Crippen LogP contribution < -0.4 is 0 Å². The zero-order valence-electron chi connectivity index (χ0n) is 17.0. The molecule has 154 valence electrons. The number of aryl methyl sites for hydroxylation is 2. The molecule has 0 bridgehead atoms. The van der Waals surface area contributed by atoms with Crippen LogP contribution in [0.4, 0.5) is 13.2 Å². The summed E-state index contributed by atoms with van der Waals surface area (Å²) in [6, 6.07) is 15.9. The number of alkyl halides is 3. The second-order valence-electron chi connectivity index (χ2n) is 7.43. The van der Waals surface area contributed by atoms with E-state index in [0.717, 1.165) is 35.5 Å². The summed E-state index contributed by atoms with van der Waals surface area (Å²) in [5.41, 5.74) is 5.55. The normalized spacial score (nSPS) is 11.9. The molecular weight excluding hydrogens is 385 g/mol. The standard InChI is InChI=1S/C25H23F3N2/c1-3-18-8-6-9-19(4-2)24(18)22-14-20-11-12-30(23(20)15-29-22)16-17-7-5-10-21(13-17)25(26,27)28/h5-15H,3-4,16H2,1-2H3. The Morgan fingerprint density at radius 1 is 0.900 bits per heavy atom. The monoisotopic (exact) mass is 408 g/mol. The molecule has 5 heteroatoms. The van der Waals surface area contributed by atoms with E-state index in [1.807, 2.05) is 23.0 Å². The highest BCUT2D eigenvalue weighted by molar-refractivity contribution is 5.84. The number of hydrogen-bond acceptors (Lipinski definition) is 1. The molecule has 30 heavy (non-hydrogen) atoms. The Morgan fingerprint density at radius 3 is 2.27 bits per heavy atom. The Balaban J connectivity index is 1.71. The Kier molecular flexibility index (Phi) is 5.37. The molecule has 0 saturated heterocycles. The second-order valence-corrected chi connectivity index (χ2v) is 7.43. The topological polar surface area (TPSA) is 17.8 Å². The minimum absolute atomic E-state index is 0.361. The van der Waals surface area contributed by atoms with Gasteiger partial charge in [-0.3, -0.25) is 4.98 Å². The molecule has 0 aliphatic heterocycles. The first kappa shape index (κ1) is 20.2. The maximum absolute atomic E-state index is 13.0. The lowest BCUT2D eigenvalue weighted by atomic mass is 9.94. The molecular formula is C25H23F3N2. The molecule has 2 nitrogen and oxygen atoms in total. The first-order chi connectivity index (χ1) is 14.4. The fourth-order valence-electron chi connectivity index (χ4n) is 3.98. The lowest BCUT2D eigenvalue weighted by Crippen LogP contribution is -2.06. The summed E-state index contributed by atoms with van der Waals surface area (Å²) >= 11 is 0. The van der Waals surface area contributed by atoms with E-state index in [1.165, 1.54) is 28.8 Å². The average molecular weight is 408 g/mol. The highest BCUT2D eigenvalue weighted by atomic mass is 19.4. The number of nitrogens with zero attached hydrogens (tertiary/aromatic N) is 2. The maximum Gasteiger partial charge on any atom is 0.416 e. The van der Waals surface area contributed by atoms with Crippen LogP contribution in [0.5, 0.6) is 0 Å². The molecule has 0 aliphatic carbocycles. The van der Waals surface area contributed by atoms with Crippen LogP contribution in [0.1, 0.15) is 36.1 Å². The quantitative estimate of drug-likeness (QED) is 0.351. The second kappa shape index (κ2) is 7.98. The van der Waals surface area contributed by atoms with Crippen molar-refractivity contribution in [2.45, 2.75) is 39.4 Å². The van der Waals surface area contributed by atoms with Crippen molar-refractivity contribution in [1.29, 1.82) is 0 Å². The van der Waals surface area contributed by atoms with Crippen molar-refractivity contribution < 1.29 is 13.2 Å². The minimum Gasteiger partial charge on any atom is -0.342 e. The van der Waals surface area contributed by atoms with Gasteiger partial charge in [-0.05, 0) is 53.8 Å². The third-order valence-corrected chi connectivity index (χ3v) is 5.52. The number of aromatic nitrogens is 2. The Labute approximate surface area is 174 Å². The number of pyridine rings is 1. The predicted molar refractivity (Wildman–Crippen MR) is 114 cm³/mol. The van der Waals surface area contributed by atoms with Gasteiger partial charge in [0, 0.05) is 23.7 Å². The van der Waals surface area contributed by atoms with Crippen molar-refractivity contribution in [3.8, 4) is 11.3 Å². The van der Waals surface area contributed by atoms with Gasteiger partial charge >= 0.3 is 6.18 Å². The molecule has 0 aliphatic rings. The Bertz CT molecular complexity index is 1170. The van der Waals surface area contributed by atoms with Gasteiger partial charge in [0.2, 0.25) is 0 Å². The van der Waals surface area contributed by atoms with E-state index in [2.05, 4.69) is 38.1 Å². The van der Waals surface area contributed by atoms with Crippen LogP contribution >= 0.6 is 0 Å². The predicted octanol–water partition coefficient (Wildman–Crippen LogP) is 6.90. The molecule has 4 aromatic rings. The summed E-state index contributed by atoms with van der Waals surface area (Å²) in [4.78, 5) is 4.72. The smallest absolute Gasteiger partial charge is 0.342 e. The zero-order chi connectivity index (χ0) is 21.3. The largest absolute Gasteiger partial charge is 0.416 e. The average Bonchev–Trinajstić information content (AvgIpc) is 3.14. The number of rotatable bonds is 5. The number of benzene rings is 2. The van der Waals surface area contributed by atoms with E-state index in [0.29, 0.717) is 12.1 Å². The van der Waals surface area contributed by atoms with Crippen LogP contribution in [0.3, 0.4) is 0 Å². The summed E-state index contributed by atoms with van der Waals surface area (Å²) in [5.74, 6) is 0. The summed E-state index contributed by atoms with van der Waals surface area (Å²) in [7, 11) is 0. The number of fused-ring (bicyclic) bond motifs is 1. The summed E-state index contributed by atoms with van der Waals surface area (Å²) in [6.45, 7) is 4.64. The lowest BCUT2D eigenvalue weighted by molar-refractivity contribution is -0.137. The van der Waals surface area contributed by atoms with Crippen molar-refractivity contribution in [2.75, 3.05) is 0 Å². The third kappa shape index (κ3) is 3.84. The maximum atomic E-state index is 13.0. The summed E-state index contributed by atoms with van der Waals surface area (Å²) < 4.78 is 41.0.